The molecule has 3 heterocycles. The number of aliphatic imine (C=N–C) groups is 1. The smallest absolute Gasteiger partial charge is 0.193 e. The van der Waals surface area contributed by atoms with E-state index in [2.05, 4.69) is 43.7 Å². The molecule has 0 spiro atoms. The highest BCUT2D eigenvalue weighted by Gasteiger charge is 2.26. The van der Waals surface area contributed by atoms with E-state index < -0.39 is 0 Å². The van der Waals surface area contributed by atoms with E-state index in [1.165, 1.54) is 45.3 Å². The molecule has 0 saturated carbocycles. The van der Waals surface area contributed by atoms with E-state index in [9.17, 15) is 0 Å². The largest absolute Gasteiger partial charge is 0.357 e. The summed E-state index contributed by atoms with van der Waals surface area (Å²) in [6, 6.07) is 0. The highest BCUT2D eigenvalue weighted by atomic mass is 15.3. The van der Waals surface area contributed by atoms with Gasteiger partial charge in [-0.2, -0.15) is 0 Å². The molecule has 0 radical (unpaired) electrons. The van der Waals surface area contributed by atoms with Crippen LogP contribution in [0.4, 0.5) is 0 Å². The number of hydrogen-bond donors (Lipinski definition) is 1. The fourth-order valence-corrected chi connectivity index (χ4v) is 4.11. The Hall–Kier alpha value is -1.63. The van der Waals surface area contributed by atoms with Gasteiger partial charge in [-0.15, -0.1) is 10.2 Å². The molecule has 7 nitrogen and oxygen atoms in total. The monoisotopic (exact) mass is 361 g/mol. The van der Waals surface area contributed by atoms with E-state index >= 15 is 0 Å². The van der Waals surface area contributed by atoms with Crippen molar-refractivity contribution in [2.75, 3.05) is 45.8 Å². The van der Waals surface area contributed by atoms with Crippen molar-refractivity contribution in [3.63, 3.8) is 0 Å². The first kappa shape index (κ1) is 19.1. The van der Waals surface area contributed by atoms with Gasteiger partial charge in [0.1, 0.15) is 12.2 Å². The molecule has 0 bridgehead atoms. The minimum Gasteiger partial charge on any atom is -0.357 e. The van der Waals surface area contributed by atoms with Gasteiger partial charge < -0.3 is 19.7 Å². The standard InChI is InChI=1S/C19H35N7/c1-3-18-23-22-16-26(18)13-9-21-19(20-4-2)25-12-8-17(15-25)14-24-10-6-5-7-11-24/h16-17H,3-15H2,1-2H3,(H,20,21). The van der Waals surface area contributed by atoms with Crippen molar-refractivity contribution in [1.29, 1.82) is 0 Å². The number of aromatic nitrogens is 3. The minimum atomic E-state index is 0.765. The van der Waals surface area contributed by atoms with Gasteiger partial charge in [0.25, 0.3) is 0 Å². The molecule has 2 aliphatic heterocycles. The van der Waals surface area contributed by atoms with Crippen LogP contribution in [0.2, 0.25) is 0 Å². The summed E-state index contributed by atoms with van der Waals surface area (Å²) in [6.07, 6.45) is 8.18. The lowest BCUT2D eigenvalue weighted by Gasteiger charge is -2.29. The predicted octanol–water partition coefficient (Wildman–Crippen LogP) is 1.61. The summed E-state index contributed by atoms with van der Waals surface area (Å²) in [5.74, 6) is 2.88. The lowest BCUT2D eigenvalue weighted by Crippen LogP contribution is -2.41. The zero-order chi connectivity index (χ0) is 18.2. The molecule has 7 heteroatoms. The summed E-state index contributed by atoms with van der Waals surface area (Å²) in [4.78, 5) is 9.98. The van der Waals surface area contributed by atoms with E-state index in [0.29, 0.717) is 0 Å². The van der Waals surface area contributed by atoms with Gasteiger partial charge in [0.15, 0.2) is 5.96 Å². The first-order chi connectivity index (χ1) is 12.8. The Labute approximate surface area is 157 Å². The number of piperidine rings is 1. The highest BCUT2D eigenvalue weighted by molar-refractivity contribution is 5.80. The maximum absolute atomic E-state index is 4.87. The van der Waals surface area contributed by atoms with Crippen molar-refractivity contribution in [2.45, 2.75) is 52.5 Å². The molecule has 146 valence electrons. The molecular formula is C19H35N7. The zero-order valence-electron chi connectivity index (χ0n) is 16.5. The number of nitrogens with one attached hydrogen (secondary N) is 1. The average Bonchev–Trinajstić information content (AvgIpc) is 3.31. The molecule has 2 aliphatic rings. The van der Waals surface area contributed by atoms with Crippen LogP contribution in [0.5, 0.6) is 0 Å². The van der Waals surface area contributed by atoms with Crippen LogP contribution < -0.4 is 5.32 Å². The van der Waals surface area contributed by atoms with Crippen LogP contribution in [0, 0.1) is 5.92 Å². The topological polar surface area (TPSA) is 61.6 Å². The van der Waals surface area contributed by atoms with Crippen molar-refractivity contribution in [3.8, 4) is 0 Å². The van der Waals surface area contributed by atoms with Crippen LogP contribution in [-0.2, 0) is 13.0 Å². The van der Waals surface area contributed by atoms with Gasteiger partial charge >= 0.3 is 0 Å². The Morgan fingerprint density at radius 1 is 1.23 bits per heavy atom. The van der Waals surface area contributed by atoms with E-state index in [4.69, 9.17) is 4.99 Å². The molecule has 1 atom stereocenters. The Balaban J connectivity index is 1.50. The fraction of sp³-hybridized carbons (Fsp3) is 0.842. The summed E-state index contributed by atoms with van der Waals surface area (Å²) in [7, 11) is 0. The molecule has 26 heavy (non-hydrogen) atoms. The molecule has 0 amide bonds. The van der Waals surface area contributed by atoms with Crippen LogP contribution >= 0.6 is 0 Å². The van der Waals surface area contributed by atoms with Gasteiger partial charge in [0.2, 0.25) is 0 Å². The summed E-state index contributed by atoms with van der Waals surface area (Å²) in [5, 5.41) is 11.6. The molecule has 2 fully saturated rings. The SMILES string of the molecule is CCNC(=NCCn1cnnc1CC)N1CCC(CN2CCCCC2)C1. The van der Waals surface area contributed by atoms with Crippen molar-refractivity contribution in [1.82, 2.24) is 29.9 Å². The molecule has 1 aromatic heterocycles. The molecule has 1 N–H and O–H groups in total. The second-order valence-electron chi connectivity index (χ2n) is 7.49. The highest BCUT2D eigenvalue weighted by Crippen LogP contribution is 2.20. The third kappa shape index (κ3) is 5.19. The lowest BCUT2D eigenvalue weighted by molar-refractivity contribution is 0.198. The number of likely N-dealkylation sites (tertiary alicyclic amines) is 2. The number of rotatable bonds is 7. The molecule has 2 saturated heterocycles. The van der Waals surface area contributed by atoms with Gasteiger partial charge in [-0.3, -0.25) is 4.99 Å². The Bertz CT molecular complexity index is 562. The summed E-state index contributed by atoms with van der Waals surface area (Å²) in [6.45, 7) is 12.9. The van der Waals surface area contributed by atoms with E-state index in [1.54, 1.807) is 0 Å². The summed E-state index contributed by atoms with van der Waals surface area (Å²) in [5.41, 5.74) is 0. The van der Waals surface area contributed by atoms with E-state index in [-0.39, 0.29) is 0 Å². The number of guanidine groups is 1. The van der Waals surface area contributed by atoms with Gasteiger partial charge in [-0.1, -0.05) is 13.3 Å². The normalized spacial score (nSPS) is 22.2. The van der Waals surface area contributed by atoms with Gasteiger partial charge in [0, 0.05) is 39.1 Å². The fourth-order valence-electron chi connectivity index (χ4n) is 4.11. The zero-order valence-corrected chi connectivity index (χ0v) is 16.5. The Kier molecular flexibility index (Phi) is 7.29. The number of aryl methyl sites for hydroxylation is 1. The first-order valence-corrected chi connectivity index (χ1v) is 10.4. The number of hydrogen-bond acceptors (Lipinski definition) is 4. The average molecular weight is 362 g/mol. The van der Waals surface area contributed by atoms with Gasteiger partial charge in [-0.25, -0.2) is 0 Å². The lowest BCUT2D eigenvalue weighted by atomic mass is 10.1. The molecule has 0 aliphatic carbocycles. The quantitative estimate of drug-likeness (QED) is 0.591. The third-order valence-electron chi connectivity index (χ3n) is 5.50. The maximum Gasteiger partial charge on any atom is 0.193 e. The molecule has 0 aromatic carbocycles. The van der Waals surface area contributed by atoms with Crippen LogP contribution in [0.1, 0.15) is 45.4 Å². The third-order valence-corrected chi connectivity index (χ3v) is 5.50. The summed E-state index contributed by atoms with van der Waals surface area (Å²) < 4.78 is 2.11. The molecule has 3 rings (SSSR count). The van der Waals surface area contributed by atoms with E-state index in [0.717, 1.165) is 56.8 Å². The molecule has 1 aromatic rings. The van der Waals surface area contributed by atoms with Crippen molar-refractivity contribution in [2.24, 2.45) is 10.9 Å². The van der Waals surface area contributed by atoms with Crippen LogP contribution in [-0.4, -0.2) is 76.3 Å². The Morgan fingerprint density at radius 2 is 2.08 bits per heavy atom. The molecular weight excluding hydrogens is 326 g/mol. The van der Waals surface area contributed by atoms with Gasteiger partial charge in [0.05, 0.1) is 6.54 Å². The van der Waals surface area contributed by atoms with Gasteiger partial charge in [-0.05, 0) is 45.2 Å². The summed E-state index contributed by atoms with van der Waals surface area (Å²) >= 11 is 0. The Morgan fingerprint density at radius 3 is 2.85 bits per heavy atom. The van der Waals surface area contributed by atoms with Crippen LogP contribution in [0.25, 0.3) is 0 Å². The second kappa shape index (κ2) is 9.90. The maximum atomic E-state index is 4.87. The van der Waals surface area contributed by atoms with Crippen molar-refractivity contribution in [3.05, 3.63) is 12.2 Å². The van der Waals surface area contributed by atoms with E-state index in [1.807, 2.05) is 6.33 Å². The molecule has 1 unspecified atom stereocenters. The van der Waals surface area contributed by atoms with Crippen LogP contribution in [0.3, 0.4) is 0 Å². The minimum absolute atomic E-state index is 0.765. The van der Waals surface area contributed by atoms with Crippen LogP contribution in [0.15, 0.2) is 11.3 Å². The number of nitrogens with zero attached hydrogens (tertiary/aromatic N) is 6. The first-order valence-electron chi connectivity index (χ1n) is 10.4. The van der Waals surface area contributed by atoms with Crippen molar-refractivity contribution < 1.29 is 0 Å². The second-order valence-corrected chi connectivity index (χ2v) is 7.49. The predicted molar refractivity (Wildman–Crippen MR) is 105 cm³/mol. The van der Waals surface area contributed by atoms with Crippen molar-refractivity contribution >= 4 is 5.96 Å².